The zero-order valence-corrected chi connectivity index (χ0v) is 12.5. The number of aryl methyl sites for hydroxylation is 3. The fourth-order valence-corrected chi connectivity index (χ4v) is 3.70. The van der Waals surface area contributed by atoms with Crippen LogP contribution in [0.15, 0.2) is 24.3 Å². The Bertz CT molecular complexity index is 628. The van der Waals surface area contributed by atoms with Crippen LogP contribution in [-0.2, 0) is 25.9 Å². The molecule has 0 bridgehead atoms. The van der Waals surface area contributed by atoms with Gasteiger partial charge in [0.1, 0.15) is 12.4 Å². The number of carbonyl (C=O) groups excluding carboxylic acids is 1. The van der Waals surface area contributed by atoms with Crippen molar-refractivity contribution in [1.82, 2.24) is 0 Å². The summed E-state index contributed by atoms with van der Waals surface area (Å²) >= 11 is 1.57. The third kappa shape index (κ3) is 2.63. The molecule has 0 saturated heterocycles. The molecule has 1 heterocycles. The quantitative estimate of drug-likeness (QED) is 0.770. The molecule has 104 valence electrons. The van der Waals surface area contributed by atoms with Crippen LogP contribution in [0.2, 0.25) is 0 Å². The minimum atomic E-state index is 0.548. The van der Waals surface area contributed by atoms with Crippen LogP contribution in [-0.4, -0.2) is 6.29 Å². The Morgan fingerprint density at radius 2 is 2.10 bits per heavy atom. The second-order valence-corrected chi connectivity index (χ2v) is 6.31. The van der Waals surface area contributed by atoms with Crippen molar-refractivity contribution < 1.29 is 9.53 Å². The number of fused-ring (bicyclic) bond motifs is 1. The monoisotopic (exact) mass is 286 g/mol. The number of thiophene rings is 1. The first-order valence-corrected chi connectivity index (χ1v) is 7.93. The van der Waals surface area contributed by atoms with Crippen LogP contribution in [0.5, 0.6) is 5.75 Å². The molecule has 1 aliphatic rings. The van der Waals surface area contributed by atoms with Gasteiger partial charge in [-0.05, 0) is 55.0 Å². The van der Waals surface area contributed by atoms with Gasteiger partial charge in [0, 0.05) is 10.4 Å². The van der Waals surface area contributed by atoms with Gasteiger partial charge in [0.15, 0.2) is 6.29 Å². The Kier molecular flexibility index (Phi) is 3.88. The van der Waals surface area contributed by atoms with Crippen molar-refractivity contribution in [1.29, 1.82) is 0 Å². The maximum absolute atomic E-state index is 10.9. The van der Waals surface area contributed by atoms with E-state index < -0.39 is 0 Å². The summed E-state index contributed by atoms with van der Waals surface area (Å²) in [5.41, 5.74) is 4.03. The second kappa shape index (κ2) is 5.80. The molecule has 0 radical (unpaired) electrons. The van der Waals surface area contributed by atoms with E-state index in [2.05, 4.69) is 25.1 Å². The van der Waals surface area contributed by atoms with E-state index in [-0.39, 0.29) is 0 Å². The molecular weight excluding hydrogens is 268 g/mol. The molecule has 1 aromatic carbocycles. The van der Waals surface area contributed by atoms with Crippen molar-refractivity contribution in [2.24, 2.45) is 0 Å². The molecule has 0 amide bonds. The molecule has 1 aromatic heterocycles. The average Bonchev–Trinajstić information content (AvgIpc) is 3.10. The van der Waals surface area contributed by atoms with E-state index >= 15 is 0 Å². The Hall–Kier alpha value is -1.61. The van der Waals surface area contributed by atoms with Crippen LogP contribution in [0.3, 0.4) is 0 Å². The average molecular weight is 286 g/mol. The normalized spacial score (nSPS) is 13.2. The number of ether oxygens (including phenoxy) is 1. The first-order valence-electron chi connectivity index (χ1n) is 7.11. The van der Waals surface area contributed by atoms with Gasteiger partial charge < -0.3 is 4.74 Å². The number of rotatable bonds is 5. The Balaban J connectivity index is 1.73. The molecule has 0 fully saturated rings. The van der Waals surface area contributed by atoms with Crippen LogP contribution in [0, 0.1) is 0 Å². The minimum Gasteiger partial charge on any atom is -0.489 e. The number of aldehydes is 1. The molecule has 0 aliphatic heterocycles. The second-order valence-electron chi connectivity index (χ2n) is 5.14. The molecule has 0 spiro atoms. The lowest BCUT2D eigenvalue weighted by atomic mass is 10.1. The molecule has 1 aliphatic carbocycles. The highest BCUT2D eigenvalue weighted by Gasteiger charge is 2.12. The zero-order valence-electron chi connectivity index (χ0n) is 11.6. The van der Waals surface area contributed by atoms with Crippen molar-refractivity contribution in [2.45, 2.75) is 39.2 Å². The van der Waals surface area contributed by atoms with E-state index in [4.69, 9.17) is 4.74 Å². The van der Waals surface area contributed by atoms with Gasteiger partial charge in [0.05, 0.1) is 4.88 Å². The third-order valence-corrected chi connectivity index (χ3v) is 5.06. The summed E-state index contributed by atoms with van der Waals surface area (Å²) in [6, 6.07) is 8.36. The largest absolute Gasteiger partial charge is 0.489 e. The van der Waals surface area contributed by atoms with E-state index in [1.807, 2.05) is 6.07 Å². The maximum Gasteiger partial charge on any atom is 0.160 e. The molecule has 3 rings (SSSR count). The predicted molar refractivity (Wildman–Crippen MR) is 81.9 cm³/mol. The summed E-state index contributed by atoms with van der Waals surface area (Å²) in [6.07, 6.45) is 5.49. The standard InChI is InChI=1S/C17H18O2S/c1-2-17-14(9-16(10-18)20-17)11-19-15-7-6-12-4-3-5-13(12)8-15/h6-10H,2-5,11H2,1H3. The summed E-state index contributed by atoms with van der Waals surface area (Å²) in [4.78, 5) is 12.9. The Morgan fingerprint density at radius 1 is 1.25 bits per heavy atom. The summed E-state index contributed by atoms with van der Waals surface area (Å²) in [6.45, 7) is 2.66. The summed E-state index contributed by atoms with van der Waals surface area (Å²) in [5, 5.41) is 0. The van der Waals surface area contributed by atoms with E-state index in [1.165, 1.54) is 35.3 Å². The van der Waals surface area contributed by atoms with Crippen LogP contribution in [0.4, 0.5) is 0 Å². The fourth-order valence-electron chi connectivity index (χ4n) is 2.77. The van der Waals surface area contributed by atoms with Gasteiger partial charge in [-0.2, -0.15) is 0 Å². The number of hydrogen-bond donors (Lipinski definition) is 0. The number of benzene rings is 1. The van der Waals surface area contributed by atoms with Gasteiger partial charge in [-0.3, -0.25) is 4.79 Å². The van der Waals surface area contributed by atoms with E-state index in [1.54, 1.807) is 11.3 Å². The lowest BCUT2D eigenvalue weighted by molar-refractivity contribution is 0.112. The first kappa shape index (κ1) is 13.4. The Morgan fingerprint density at radius 3 is 2.90 bits per heavy atom. The van der Waals surface area contributed by atoms with Crippen molar-refractivity contribution in [3.63, 3.8) is 0 Å². The van der Waals surface area contributed by atoms with E-state index in [0.29, 0.717) is 6.61 Å². The zero-order chi connectivity index (χ0) is 13.9. The van der Waals surface area contributed by atoms with E-state index in [9.17, 15) is 4.79 Å². The smallest absolute Gasteiger partial charge is 0.160 e. The van der Waals surface area contributed by atoms with Gasteiger partial charge in [-0.15, -0.1) is 11.3 Å². The first-order chi connectivity index (χ1) is 9.80. The van der Waals surface area contributed by atoms with Gasteiger partial charge in [-0.1, -0.05) is 13.0 Å². The highest BCUT2D eigenvalue weighted by Crippen LogP contribution is 2.28. The Labute approximate surface area is 123 Å². The molecular formula is C17H18O2S. The molecule has 0 N–H and O–H groups in total. The molecule has 2 nitrogen and oxygen atoms in total. The van der Waals surface area contributed by atoms with E-state index in [0.717, 1.165) is 28.9 Å². The lowest BCUT2D eigenvalue weighted by Gasteiger charge is -2.08. The molecule has 0 saturated carbocycles. The van der Waals surface area contributed by atoms with Crippen LogP contribution < -0.4 is 4.74 Å². The predicted octanol–water partition coefficient (Wildman–Crippen LogP) is 4.19. The van der Waals surface area contributed by atoms with Crippen LogP contribution >= 0.6 is 11.3 Å². The highest BCUT2D eigenvalue weighted by molar-refractivity contribution is 7.13. The van der Waals surface area contributed by atoms with Crippen LogP contribution in [0.25, 0.3) is 0 Å². The minimum absolute atomic E-state index is 0.548. The maximum atomic E-state index is 10.9. The highest BCUT2D eigenvalue weighted by atomic mass is 32.1. The number of hydrogen-bond acceptors (Lipinski definition) is 3. The van der Waals surface area contributed by atoms with Crippen molar-refractivity contribution in [3.05, 3.63) is 50.7 Å². The van der Waals surface area contributed by atoms with Gasteiger partial charge in [-0.25, -0.2) is 0 Å². The van der Waals surface area contributed by atoms with Crippen molar-refractivity contribution in [3.8, 4) is 5.75 Å². The van der Waals surface area contributed by atoms with Gasteiger partial charge >= 0.3 is 0 Å². The SMILES string of the molecule is CCc1sc(C=O)cc1COc1ccc2c(c1)CCC2. The fraction of sp³-hybridized carbons (Fsp3) is 0.353. The molecule has 2 aromatic rings. The third-order valence-electron chi connectivity index (χ3n) is 3.82. The lowest BCUT2D eigenvalue weighted by Crippen LogP contribution is -1.97. The summed E-state index contributed by atoms with van der Waals surface area (Å²) in [5.74, 6) is 0.937. The molecule has 0 unspecified atom stereocenters. The van der Waals surface area contributed by atoms with Crippen LogP contribution in [0.1, 0.15) is 44.6 Å². The summed E-state index contributed by atoms with van der Waals surface area (Å²) < 4.78 is 5.91. The van der Waals surface area contributed by atoms with Gasteiger partial charge in [0.25, 0.3) is 0 Å². The van der Waals surface area contributed by atoms with Gasteiger partial charge in [0.2, 0.25) is 0 Å². The van der Waals surface area contributed by atoms with Crippen molar-refractivity contribution >= 4 is 17.6 Å². The molecule has 20 heavy (non-hydrogen) atoms. The number of carbonyl (C=O) groups is 1. The summed E-state index contributed by atoms with van der Waals surface area (Å²) in [7, 11) is 0. The topological polar surface area (TPSA) is 26.3 Å². The van der Waals surface area contributed by atoms with Crippen molar-refractivity contribution in [2.75, 3.05) is 0 Å². The molecule has 3 heteroatoms. The molecule has 0 atom stereocenters.